The van der Waals surface area contributed by atoms with Gasteiger partial charge in [0.15, 0.2) is 0 Å². The van der Waals surface area contributed by atoms with E-state index in [9.17, 15) is 4.79 Å². The van der Waals surface area contributed by atoms with Crippen LogP contribution in [0.5, 0.6) is 0 Å². The van der Waals surface area contributed by atoms with Gasteiger partial charge in [0.25, 0.3) is 5.91 Å². The van der Waals surface area contributed by atoms with Gasteiger partial charge in [-0.1, -0.05) is 27.7 Å². The minimum Gasteiger partial charge on any atom is -0.384 e. The lowest BCUT2D eigenvalue weighted by Gasteiger charge is -2.38. The first-order valence-electron chi connectivity index (χ1n) is 7.79. The summed E-state index contributed by atoms with van der Waals surface area (Å²) in [6, 6.07) is 3.87. The van der Waals surface area contributed by atoms with Crippen LogP contribution in [-0.4, -0.2) is 28.4 Å². The summed E-state index contributed by atoms with van der Waals surface area (Å²) in [5.41, 5.74) is 7.31. The Morgan fingerprint density at radius 2 is 2.00 bits per heavy atom. The molecule has 1 saturated heterocycles. The number of pyridine rings is 1. The van der Waals surface area contributed by atoms with Gasteiger partial charge in [0.1, 0.15) is 5.82 Å². The molecule has 0 radical (unpaired) electrons. The van der Waals surface area contributed by atoms with Crippen molar-refractivity contribution >= 4 is 11.7 Å². The number of nitrogens with two attached hydrogens (primary N) is 1. The molecule has 0 bridgehead atoms. The molecule has 116 valence electrons. The van der Waals surface area contributed by atoms with Crippen molar-refractivity contribution in [2.75, 3.05) is 12.3 Å². The molecule has 1 fully saturated rings. The van der Waals surface area contributed by atoms with E-state index in [4.69, 9.17) is 5.73 Å². The van der Waals surface area contributed by atoms with Crippen LogP contribution in [0.15, 0.2) is 12.1 Å². The van der Waals surface area contributed by atoms with Crippen molar-refractivity contribution in [2.24, 2.45) is 5.92 Å². The Bertz CT molecular complexity index is 533. The molecule has 2 heterocycles. The van der Waals surface area contributed by atoms with Crippen molar-refractivity contribution in [3.05, 3.63) is 23.4 Å². The second-order valence-corrected chi connectivity index (χ2v) is 7.27. The lowest BCUT2D eigenvalue weighted by Crippen LogP contribution is -2.46. The number of carbonyl (C=O) groups excluding carboxylic acids is 1. The molecule has 0 aliphatic carbocycles. The van der Waals surface area contributed by atoms with Crippen LogP contribution in [0.3, 0.4) is 0 Å². The highest BCUT2D eigenvalue weighted by molar-refractivity contribution is 5.95. The lowest BCUT2D eigenvalue weighted by molar-refractivity contribution is 0.0551. The third-order valence-electron chi connectivity index (χ3n) is 4.50. The van der Waals surface area contributed by atoms with E-state index in [1.54, 1.807) is 6.07 Å². The number of aromatic nitrogens is 1. The number of carbonyl (C=O) groups is 1. The van der Waals surface area contributed by atoms with Crippen LogP contribution in [0.25, 0.3) is 0 Å². The van der Waals surface area contributed by atoms with Gasteiger partial charge >= 0.3 is 0 Å². The number of anilines is 1. The molecule has 0 spiro atoms. The van der Waals surface area contributed by atoms with Crippen LogP contribution in [0.1, 0.15) is 63.5 Å². The molecular weight excluding hydrogens is 262 g/mol. The Morgan fingerprint density at radius 1 is 1.33 bits per heavy atom. The van der Waals surface area contributed by atoms with Crippen molar-refractivity contribution in [1.29, 1.82) is 0 Å². The third-order valence-corrected chi connectivity index (χ3v) is 4.50. The fourth-order valence-electron chi connectivity index (χ4n) is 2.85. The van der Waals surface area contributed by atoms with Crippen LogP contribution in [-0.2, 0) is 5.41 Å². The summed E-state index contributed by atoms with van der Waals surface area (Å²) in [4.78, 5) is 19.2. The first kappa shape index (κ1) is 15.8. The van der Waals surface area contributed by atoms with Crippen LogP contribution in [0, 0.1) is 5.92 Å². The van der Waals surface area contributed by atoms with Crippen LogP contribution in [0.2, 0.25) is 0 Å². The minimum atomic E-state index is -0.120. The van der Waals surface area contributed by atoms with Gasteiger partial charge in [-0.3, -0.25) is 4.79 Å². The predicted molar refractivity (Wildman–Crippen MR) is 86.2 cm³/mol. The number of amides is 1. The average Bonchev–Trinajstić information content (AvgIpc) is 2.39. The predicted octanol–water partition coefficient (Wildman–Crippen LogP) is 3.22. The summed E-state index contributed by atoms with van der Waals surface area (Å²) in [7, 11) is 0. The van der Waals surface area contributed by atoms with Gasteiger partial charge in [0, 0.05) is 29.3 Å². The standard InChI is InChI=1S/C17H27N3O/c1-11-7-6-8-20(12(11)2)16(21)13-9-14(17(3,4)5)19-15(18)10-13/h9-12H,6-8H2,1-5H3,(H2,18,19). The number of hydrogen-bond donors (Lipinski definition) is 1. The highest BCUT2D eigenvalue weighted by Gasteiger charge is 2.30. The maximum Gasteiger partial charge on any atom is 0.254 e. The summed E-state index contributed by atoms with van der Waals surface area (Å²) in [5, 5.41) is 0. The molecular formula is C17H27N3O. The first-order chi connectivity index (χ1) is 9.70. The van der Waals surface area contributed by atoms with Gasteiger partial charge in [-0.15, -0.1) is 0 Å². The Kier molecular flexibility index (Phi) is 4.26. The van der Waals surface area contributed by atoms with E-state index in [0.717, 1.165) is 18.7 Å². The second kappa shape index (κ2) is 5.66. The molecule has 21 heavy (non-hydrogen) atoms. The van der Waals surface area contributed by atoms with Gasteiger partial charge in [0.05, 0.1) is 0 Å². The van der Waals surface area contributed by atoms with Crippen molar-refractivity contribution < 1.29 is 4.79 Å². The number of hydrogen-bond acceptors (Lipinski definition) is 3. The third kappa shape index (κ3) is 3.36. The van der Waals surface area contributed by atoms with Crippen LogP contribution >= 0.6 is 0 Å². The van der Waals surface area contributed by atoms with Gasteiger partial charge in [-0.05, 0) is 37.8 Å². The molecule has 4 nitrogen and oxygen atoms in total. The molecule has 2 atom stereocenters. The van der Waals surface area contributed by atoms with Gasteiger partial charge < -0.3 is 10.6 Å². The fourth-order valence-corrected chi connectivity index (χ4v) is 2.85. The Balaban J connectivity index is 2.33. The zero-order valence-corrected chi connectivity index (χ0v) is 13.8. The summed E-state index contributed by atoms with van der Waals surface area (Å²) < 4.78 is 0. The first-order valence-corrected chi connectivity index (χ1v) is 7.79. The maximum absolute atomic E-state index is 12.8. The zero-order valence-electron chi connectivity index (χ0n) is 13.8. The highest BCUT2D eigenvalue weighted by Crippen LogP contribution is 2.27. The number of nitrogen functional groups attached to an aromatic ring is 1. The zero-order chi connectivity index (χ0) is 15.8. The highest BCUT2D eigenvalue weighted by atomic mass is 16.2. The van der Waals surface area contributed by atoms with E-state index in [0.29, 0.717) is 17.3 Å². The van der Waals surface area contributed by atoms with Gasteiger partial charge in [-0.25, -0.2) is 4.98 Å². The van der Waals surface area contributed by atoms with Crippen LogP contribution in [0.4, 0.5) is 5.82 Å². The minimum absolute atomic E-state index is 0.0775. The van der Waals surface area contributed by atoms with Crippen LogP contribution < -0.4 is 5.73 Å². The number of piperidine rings is 1. The molecule has 4 heteroatoms. The van der Waals surface area contributed by atoms with E-state index in [1.165, 1.54) is 6.42 Å². The quantitative estimate of drug-likeness (QED) is 0.863. The number of rotatable bonds is 1. The van der Waals surface area contributed by atoms with E-state index < -0.39 is 0 Å². The van der Waals surface area contributed by atoms with Crippen molar-refractivity contribution in [2.45, 2.75) is 58.9 Å². The second-order valence-electron chi connectivity index (χ2n) is 7.27. The summed E-state index contributed by atoms with van der Waals surface area (Å²) in [6.07, 6.45) is 2.26. The monoisotopic (exact) mass is 289 g/mol. The van der Waals surface area contributed by atoms with Crippen molar-refractivity contribution in [3.63, 3.8) is 0 Å². The summed E-state index contributed by atoms with van der Waals surface area (Å²) >= 11 is 0. The summed E-state index contributed by atoms with van der Waals surface area (Å²) in [5.74, 6) is 1.04. The average molecular weight is 289 g/mol. The molecule has 1 aliphatic heterocycles. The molecule has 2 N–H and O–H groups in total. The Labute approximate surface area is 127 Å². The normalized spacial score (nSPS) is 23.2. The Hall–Kier alpha value is -1.58. The molecule has 2 unspecified atom stereocenters. The van der Waals surface area contributed by atoms with Crippen molar-refractivity contribution in [3.8, 4) is 0 Å². The van der Waals surface area contributed by atoms with E-state index in [-0.39, 0.29) is 17.4 Å². The molecule has 1 aliphatic rings. The Morgan fingerprint density at radius 3 is 2.62 bits per heavy atom. The topological polar surface area (TPSA) is 59.2 Å². The number of likely N-dealkylation sites (tertiary alicyclic amines) is 1. The van der Waals surface area contributed by atoms with Gasteiger partial charge in [0.2, 0.25) is 0 Å². The lowest BCUT2D eigenvalue weighted by atomic mass is 9.89. The molecule has 1 amide bonds. The molecule has 0 aromatic carbocycles. The van der Waals surface area contributed by atoms with Gasteiger partial charge in [-0.2, -0.15) is 0 Å². The number of nitrogens with zero attached hydrogens (tertiary/aromatic N) is 2. The molecule has 1 aromatic heterocycles. The summed E-state index contributed by atoms with van der Waals surface area (Å²) in [6.45, 7) is 11.4. The van der Waals surface area contributed by atoms with Crippen molar-refractivity contribution in [1.82, 2.24) is 9.88 Å². The molecule has 1 aromatic rings. The largest absolute Gasteiger partial charge is 0.384 e. The molecule has 0 saturated carbocycles. The maximum atomic E-state index is 12.8. The fraction of sp³-hybridized carbons (Fsp3) is 0.647. The van der Waals surface area contributed by atoms with E-state index in [1.807, 2.05) is 11.0 Å². The van der Waals surface area contributed by atoms with E-state index >= 15 is 0 Å². The molecule has 2 rings (SSSR count). The smallest absolute Gasteiger partial charge is 0.254 e. The SMILES string of the molecule is CC1CCCN(C(=O)c2cc(N)nc(C(C)(C)C)c2)C1C. The van der Waals surface area contributed by atoms with E-state index in [2.05, 4.69) is 39.6 Å².